The first kappa shape index (κ1) is 16.9. The Hall–Kier alpha value is -1.16. The quantitative estimate of drug-likeness (QED) is 0.675. The molecule has 0 saturated carbocycles. The second-order valence-electron chi connectivity index (χ2n) is 3.78. The van der Waals surface area contributed by atoms with Crippen molar-refractivity contribution >= 4 is 55.1 Å². The van der Waals surface area contributed by atoms with E-state index < -0.39 is 37.2 Å². The molecule has 7 nitrogen and oxygen atoms in total. The van der Waals surface area contributed by atoms with Gasteiger partial charge in [-0.05, 0) is 19.1 Å². The van der Waals surface area contributed by atoms with Gasteiger partial charge in [0, 0.05) is 0 Å². The molecule has 110 valence electrons. The van der Waals surface area contributed by atoms with Crippen LogP contribution in [0.3, 0.4) is 0 Å². The number of rotatable bonds is 4. The highest BCUT2D eigenvalue weighted by atomic mass is 79.9. The van der Waals surface area contributed by atoms with E-state index in [1.54, 1.807) is 0 Å². The number of carboxylic acid groups (broad SMARTS) is 1. The number of aromatic carboxylic acids is 1. The summed E-state index contributed by atoms with van der Waals surface area (Å²) >= 11 is 8.75. The Balaban J connectivity index is 3.43. The van der Waals surface area contributed by atoms with E-state index in [0.717, 1.165) is 12.1 Å². The number of carbonyl (C=O) groups excluding carboxylic acids is 1. The number of anilines is 1. The van der Waals surface area contributed by atoms with Crippen molar-refractivity contribution in [3.8, 4) is 0 Å². The summed E-state index contributed by atoms with van der Waals surface area (Å²) in [6.07, 6.45) is 0. The van der Waals surface area contributed by atoms with Crippen LogP contribution in [0.1, 0.15) is 17.3 Å². The van der Waals surface area contributed by atoms with E-state index in [1.165, 1.54) is 6.92 Å². The number of carbonyl (C=O) groups is 2. The number of primary sulfonamides is 1. The Labute approximate surface area is 128 Å². The zero-order valence-electron chi connectivity index (χ0n) is 10.1. The van der Waals surface area contributed by atoms with E-state index >= 15 is 0 Å². The Bertz CT molecular complexity index is 674. The van der Waals surface area contributed by atoms with Crippen LogP contribution in [0, 0.1) is 0 Å². The van der Waals surface area contributed by atoms with Gasteiger partial charge in [0.1, 0.15) is 4.90 Å². The first-order chi connectivity index (χ1) is 9.04. The number of hydrogen-bond donors (Lipinski definition) is 3. The molecule has 4 N–H and O–H groups in total. The predicted molar refractivity (Wildman–Crippen MR) is 76.8 cm³/mol. The Morgan fingerprint density at radius 2 is 2.00 bits per heavy atom. The first-order valence-corrected chi connectivity index (χ1v) is 7.92. The smallest absolute Gasteiger partial charge is 0.337 e. The molecule has 0 saturated heterocycles. The summed E-state index contributed by atoms with van der Waals surface area (Å²) in [5.41, 5.74) is -0.550. The van der Waals surface area contributed by atoms with Crippen molar-refractivity contribution < 1.29 is 23.1 Å². The maximum atomic E-state index is 11.5. The highest BCUT2D eigenvalue weighted by molar-refractivity contribution is 9.10. The maximum Gasteiger partial charge on any atom is 0.337 e. The average Bonchev–Trinajstić information content (AvgIpc) is 2.26. The molecule has 0 heterocycles. The van der Waals surface area contributed by atoms with Crippen molar-refractivity contribution in [1.82, 2.24) is 0 Å². The summed E-state index contributed by atoms with van der Waals surface area (Å²) in [5.74, 6) is -1.93. The van der Waals surface area contributed by atoms with Crippen LogP contribution >= 0.6 is 27.5 Å². The summed E-state index contributed by atoms with van der Waals surface area (Å²) in [6.45, 7) is 1.54. The summed E-state index contributed by atoms with van der Waals surface area (Å²) in [6, 6.07) is 1.83. The lowest BCUT2D eigenvalue weighted by atomic mass is 10.1. The van der Waals surface area contributed by atoms with E-state index in [9.17, 15) is 18.0 Å². The average molecular weight is 386 g/mol. The van der Waals surface area contributed by atoms with Crippen LogP contribution in [0.25, 0.3) is 0 Å². The minimum absolute atomic E-state index is 0.119. The third-order valence-electron chi connectivity index (χ3n) is 2.23. The molecule has 1 atom stereocenters. The number of nitrogens with one attached hydrogen (secondary N) is 1. The van der Waals surface area contributed by atoms with E-state index in [4.69, 9.17) is 21.8 Å². The molecule has 1 rings (SSSR count). The molecule has 0 fully saturated rings. The number of hydrogen-bond acceptors (Lipinski definition) is 4. The van der Waals surface area contributed by atoms with Crippen LogP contribution in [0.15, 0.2) is 17.0 Å². The van der Waals surface area contributed by atoms with Gasteiger partial charge in [0.15, 0.2) is 0 Å². The topological polar surface area (TPSA) is 127 Å². The molecule has 0 aliphatic carbocycles. The highest BCUT2D eigenvalue weighted by Crippen LogP contribution is 2.28. The molecule has 0 spiro atoms. The Morgan fingerprint density at radius 1 is 1.45 bits per heavy atom. The van der Waals surface area contributed by atoms with E-state index in [1.807, 2.05) is 0 Å². The molecule has 0 aliphatic heterocycles. The van der Waals surface area contributed by atoms with Gasteiger partial charge in [0.25, 0.3) is 0 Å². The lowest BCUT2D eigenvalue weighted by molar-refractivity contribution is -0.115. The Morgan fingerprint density at radius 3 is 2.40 bits per heavy atom. The number of amides is 1. The Kier molecular flexibility index (Phi) is 5.14. The van der Waals surface area contributed by atoms with Gasteiger partial charge in [0.2, 0.25) is 15.9 Å². The van der Waals surface area contributed by atoms with Gasteiger partial charge in [-0.15, -0.1) is 0 Å². The molecule has 0 radical (unpaired) electrons. The summed E-state index contributed by atoms with van der Waals surface area (Å²) < 4.78 is 22.6. The van der Waals surface area contributed by atoms with Gasteiger partial charge in [0.05, 0.1) is 21.1 Å². The second kappa shape index (κ2) is 6.08. The SMILES string of the molecule is CC(Br)C(=O)Nc1cc(Cl)c(S(N)(=O)=O)cc1C(=O)O. The lowest BCUT2D eigenvalue weighted by Crippen LogP contribution is -2.22. The number of halogens is 2. The zero-order chi connectivity index (χ0) is 15.7. The molecular weight excluding hydrogens is 376 g/mol. The molecule has 20 heavy (non-hydrogen) atoms. The third kappa shape index (κ3) is 3.92. The summed E-state index contributed by atoms with van der Waals surface area (Å²) in [5, 5.41) is 16.0. The lowest BCUT2D eigenvalue weighted by Gasteiger charge is -2.12. The van der Waals surface area contributed by atoms with Gasteiger partial charge in [-0.25, -0.2) is 18.4 Å². The summed E-state index contributed by atoms with van der Waals surface area (Å²) in [7, 11) is -4.17. The van der Waals surface area contributed by atoms with Gasteiger partial charge in [-0.2, -0.15) is 0 Å². The summed E-state index contributed by atoms with van der Waals surface area (Å²) in [4.78, 5) is 21.6. The fourth-order valence-corrected chi connectivity index (χ4v) is 2.50. The molecule has 1 aromatic carbocycles. The van der Waals surface area contributed by atoms with E-state index in [0.29, 0.717) is 0 Å². The van der Waals surface area contributed by atoms with E-state index in [-0.39, 0.29) is 10.7 Å². The van der Waals surface area contributed by atoms with Crippen molar-refractivity contribution in [2.24, 2.45) is 5.14 Å². The van der Waals surface area contributed by atoms with Crippen LogP contribution < -0.4 is 10.5 Å². The van der Waals surface area contributed by atoms with E-state index in [2.05, 4.69) is 21.2 Å². The number of carboxylic acids is 1. The van der Waals surface area contributed by atoms with Crippen LogP contribution in [0.2, 0.25) is 5.02 Å². The van der Waals surface area contributed by atoms with Crippen LogP contribution in [0.5, 0.6) is 0 Å². The molecule has 1 unspecified atom stereocenters. The molecular formula is C10H10BrClN2O5S. The minimum atomic E-state index is -4.17. The fourth-order valence-electron chi connectivity index (χ4n) is 1.28. The van der Waals surface area contributed by atoms with Gasteiger partial charge < -0.3 is 10.4 Å². The van der Waals surface area contributed by atoms with Gasteiger partial charge in [-0.3, -0.25) is 4.79 Å². The largest absolute Gasteiger partial charge is 0.478 e. The van der Waals surface area contributed by atoms with Crippen molar-refractivity contribution in [3.63, 3.8) is 0 Å². The number of sulfonamides is 1. The van der Waals surface area contributed by atoms with Crippen molar-refractivity contribution in [3.05, 3.63) is 22.7 Å². The standard InChI is InChI=1S/C10H10BrClN2O5S/c1-4(11)9(15)14-7-3-6(12)8(20(13,18)19)2-5(7)10(16)17/h2-4H,1H3,(H,14,15)(H,16,17)(H2,13,18,19). The predicted octanol–water partition coefficient (Wildman–Crippen LogP) is 1.41. The number of alkyl halides is 1. The monoisotopic (exact) mass is 384 g/mol. The van der Waals surface area contributed by atoms with Crippen LogP contribution in [0.4, 0.5) is 5.69 Å². The van der Waals surface area contributed by atoms with Crippen LogP contribution in [-0.4, -0.2) is 30.2 Å². The molecule has 0 aliphatic rings. The van der Waals surface area contributed by atoms with Crippen molar-refractivity contribution in [2.75, 3.05) is 5.32 Å². The number of benzene rings is 1. The number of nitrogens with two attached hydrogens (primary N) is 1. The first-order valence-electron chi connectivity index (χ1n) is 5.08. The molecule has 10 heteroatoms. The van der Waals surface area contributed by atoms with Gasteiger partial charge >= 0.3 is 5.97 Å². The zero-order valence-corrected chi connectivity index (χ0v) is 13.2. The molecule has 1 aromatic rings. The van der Waals surface area contributed by atoms with Crippen molar-refractivity contribution in [1.29, 1.82) is 0 Å². The second-order valence-corrected chi connectivity index (χ2v) is 7.09. The maximum absolute atomic E-state index is 11.5. The minimum Gasteiger partial charge on any atom is -0.478 e. The molecule has 0 bridgehead atoms. The highest BCUT2D eigenvalue weighted by Gasteiger charge is 2.22. The molecule has 0 aromatic heterocycles. The normalized spacial score (nSPS) is 12.8. The van der Waals surface area contributed by atoms with Gasteiger partial charge in [-0.1, -0.05) is 27.5 Å². The van der Waals surface area contributed by atoms with Crippen molar-refractivity contribution in [2.45, 2.75) is 16.6 Å². The third-order valence-corrected chi connectivity index (χ3v) is 4.02. The fraction of sp³-hybridized carbons (Fsp3) is 0.200. The molecule has 1 amide bonds. The van der Waals surface area contributed by atoms with Crippen LogP contribution in [-0.2, 0) is 14.8 Å².